The van der Waals surface area contributed by atoms with Crippen molar-refractivity contribution in [1.29, 1.82) is 0 Å². The first kappa shape index (κ1) is 21.8. The summed E-state index contributed by atoms with van der Waals surface area (Å²) in [5, 5.41) is 7.28. The molecule has 10 heteroatoms. The molecule has 2 N–H and O–H groups in total. The Kier molecular flexibility index (Phi) is 6.72. The molecule has 0 radical (unpaired) electrons. The van der Waals surface area contributed by atoms with Gasteiger partial charge in [-0.1, -0.05) is 17.8 Å². The molecule has 3 aromatic rings. The summed E-state index contributed by atoms with van der Waals surface area (Å²) in [6.45, 7) is 1.59. The van der Waals surface area contributed by atoms with Gasteiger partial charge in [-0.25, -0.2) is 4.98 Å². The Hall–Kier alpha value is -3.37. The van der Waals surface area contributed by atoms with Crippen LogP contribution in [-0.2, 0) is 16.0 Å². The molecule has 1 aliphatic heterocycles. The normalized spacial score (nSPS) is 11.8. The van der Waals surface area contributed by atoms with E-state index in [1.54, 1.807) is 47.8 Å². The molecule has 4 rings (SSSR count). The topological polar surface area (TPSA) is 107 Å². The number of anilines is 2. The van der Waals surface area contributed by atoms with Gasteiger partial charge in [0.05, 0.1) is 17.9 Å². The number of fused-ring (bicyclic) bond motifs is 1. The van der Waals surface area contributed by atoms with E-state index in [1.165, 1.54) is 30.0 Å². The third kappa shape index (κ3) is 5.65. The average Bonchev–Trinajstić information content (AvgIpc) is 3.40. The highest BCUT2D eigenvalue weighted by molar-refractivity contribution is 8.01. The lowest BCUT2D eigenvalue weighted by Gasteiger charge is -2.07. The summed E-state index contributed by atoms with van der Waals surface area (Å²) >= 11 is 2.72. The number of carbonyl (C=O) groups is 3. The van der Waals surface area contributed by atoms with Crippen molar-refractivity contribution in [3.05, 3.63) is 59.1 Å². The van der Waals surface area contributed by atoms with Gasteiger partial charge in [0.2, 0.25) is 18.6 Å². The summed E-state index contributed by atoms with van der Waals surface area (Å²) in [5.74, 6) is 1.00. The minimum absolute atomic E-state index is 0.0400. The fourth-order valence-electron chi connectivity index (χ4n) is 2.96. The van der Waals surface area contributed by atoms with Crippen molar-refractivity contribution < 1.29 is 23.9 Å². The molecule has 8 nitrogen and oxygen atoms in total. The van der Waals surface area contributed by atoms with E-state index in [0.29, 0.717) is 34.1 Å². The molecule has 0 unspecified atom stereocenters. The molecule has 164 valence electrons. The number of nitrogens with one attached hydrogen (secondary N) is 2. The number of amides is 2. The summed E-state index contributed by atoms with van der Waals surface area (Å²) in [4.78, 5) is 40.4. The van der Waals surface area contributed by atoms with Crippen LogP contribution in [0, 0.1) is 0 Å². The van der Waals surface area contributed by atoms with Crippen molar-refractivity contribution >= 4 is 52.1 Å². The van der Waals surface area contributed by atoms with Crippen molar-refractivity contribution in [2.75, 3.05) is 23.2 Å². The van der Waals surface area contributed by atoms with E-state index < -0.39 is 0 Å². The largest absolute Gasteiger partial charge is 0.454 e. The van der Waals surface area contributed by atoms with Crippen molar-refractivity contribution in [2.45, 2.75) is 17.7 Å². The summed E-state index contributed by atoms with van der Waals surface area (Å²) in [5.41, 5.74) is 2.37. The van der Waals surface area contributed by atoms with Crippen LogP contribution >= 0.6 is 23.1 Å². The number of ether oxygens (including phenoxy) is 2. The number of Topliss-reactive ketones (excluding diaryl/α,β-unsaturated/α-hetero) is 1. The van der Waals surface area contributed by atoms with E-state index in [9.17, 15) is 14.4 Å². The van der Waals surface area contributed by atoms with Crippen molar-refractivity contribution in [3.63, 3.8) is 0 Å². The second kappa shape index (κ2) is 9.84. The second-order valence-electron chi connectivity index (χ2n) is 6.87. The zero-order valence-electron chi connectivity index (χ0n) is 17.0. The van der Waals surface area contributed by atoms with E-state index >= 15 is 0 Å². The molecule has 2 heterocycles. The van der Waals surface area contributed by atoms with Gasteiger partial charge >= 0.3 is 0 Å². The van der Waals surface area contributed by atoms with Gasteiger partial charge in [0.25, 0.3) is 0 Å². The summed E-state index contributed by atoms with van der Waals surface area (Å²) in [6.07, 6.45) is 0.109. The van der Waals surface area contributed by atoms with Crippen LogP contribution in [0.3, 0.4) is 0 Å². The smallest absolute Gasteiger partial charge is 0.231 e. The van der Waals surface area contributed by atoms with Crippen molar-refractivity contribution in [3.8, 4) is 11.5 Å². The van der Waals surface area contributed by atoms with Gasteiger partial charge in [0.15, 0.2) is 21.6 Å². The second-order valence-corrected chi connectivity index (χ2v) is 8.95. The van der Waals surface area contributed by atoms with E-state index in [-0.39, 0.29) is 36.6 Å². The Labute approximate surface area is 192 Å². The molecule has 0 saturated heterocycles. The maximum atomic E-state index is 12.5. The maximum absolute atomic E-state index is 12.5. The molecule has 32 heavy (non-hydrogen) atoms. The van der Waals surface area contributed by atoms with E-state index in [4.69, 9.17) is 9.47 Å². The number of aromatic nitrogens is 1. The molecule has 2 aromatic carbocycles. The van der Waals surface area contributed by atoms with E-state index in [1.807, 2.05) is 0 Å². The molecule has 1 aliphatic rings. The molecule has 0 aliphatic carbocycles. The summed E-state index contributed by atoms with van der Waals surface area (Å²) < 4.78 is 11.3. The monoisotopic (exact) mass is 469 g/mol. The third-order valence-corrected chi connectivity index (χ3v) is 6.43. The zero-order valence-corrected chi connectivity index (χ0v) is 18.7. The van der Waals surface area contributed by atoms with Gasteiger partial charge in [-0.2, -0.15) is 0 Å². The summed E-state index contributed by atoms with van der Waals surface area (Å²) in [6, 6.07) is 12.0. The highest BCUT2D eigenvalue weighted by Gasteiger charge is 2.17. The van der Waals surface area contributed by atoms with Crippen LogP contribution in [0.5, 0.6) is 11.5 Å². The molecule has 0 spiro atoms. The minimum atomic E-state index is -0.219. The quantitative estimate of drug-likeness (QED) is 0.379. The van der Waals surface area contributed by atoms with Crippen LogP contribution < -0.4 is 20.1 Å². The lowest BCUT2D eigenvalue weighted by Crippen LogP contribution is -2.15. The number of thiazole rings is 1. The first-order valence-electron chi connectivity index (χ1n) is 9.64. The number of benzene rings is 2. The lowest BCUT2D eigenvalue weighted by atomic mass is 10.1. The first-order chi connectivity index (χ1) is 15.5. The minimum Gasteiger partial charge on any atom is -0.454 e. The Balaban J connectivity index is 1.28. The maximum Gasteiger partial charge on any atom is 0.231 e. The van der Waals surface area contributed by atoms with Crippen LogP contribution in [0.15, 0.2) is 52.2 Å². The van der Waals surface area contributed by atoms with Gasteiger partial charge < -0.3 is 20.1 Å². The predicted molar refractivity (Wildman–Crippen MR) is 123 cm³/mol. The van der Waals surface area contributed by atoms with Crippen LogP contribution in [0.2, 0.25) is 0 Å². The van der Waals surface area contributed by atoms with Crippen molar-refractivity contribution in [1.82, 2.24) is 4.98 Å². The lowest BCUT2D eigenvalue weighted by molar-refractivity contribution is -0.116. The fraction of sp³-hybridized carbons (Fsp3) is 0.182. The van der Waals surface area contributed by atoms with E-state index in [0.717, 1.165) is 4.34 Å². The van der Waals surface area contributed by atoms with Gasteiger partial charge in [-0.15, -0.1) is 11.3 Å². The number of thioether (sulfide) groups is 1. The number of nitrogens with zero attached hydrogens (tertiary/aromatic N) is 1. The third-order valence-electron chi connectivity index (χ3n) is 4.36. The van der Waals surface area contributed by atoms with Crippen LogP contribution in [0.25, 0.3) is 0 Å². The first-order valence-corrected chi connectivity index (χ1v) is 11.5. The number of hydrogen-bond donors (Lipinski definition) is 2. The average molecular weight is 470 g/mol. The Morgan fingerprint density at radius 1 is 1.06 bits per heavy atom. The zero-order chi connectivity index (χ0) is 22.5. The SMILES string of the molecule is CC(=O)Nc1cccc(NC(=O)Cc2csc(SCC(=O)c3ccc4c(c3)OCO4)n2)c1. The summed E-state index contributed by atoms with van der Waals surface area (Å²) in [7, 11) is 0. The standard InChI is InChI=1S/C22H19N3O5S2/c1-13(26)23-15-3-2-4-16(8-15)24-21(28)9-17-10-31-22(25-17)32-11-18(27)14-5-6-19-20(7-14)30-12-29-19/h2-8,10H,9,11-12H2,1H3,(H,23,26)(H,24,28). The van der Waals surface area contributed by atoms with Crippen molar-refractivity contribution in [2.24, 2.45) is 0 Å². The van der Waals surface area contributed by atoms with Crippen LogP contribution in [0.1, 0.15) is 23.0 Å². The number of rotatable bonds is 8. The molecule has 0 fully saturated rings. The number of ketones is 1. The molecule has 0 atom stereocenters. The van der Waals surface area contributed by atoms with Crippen LogP contribution in [-0.4, -0.2) is 35.1 Å². The Morgan fingerprint density at radius 3 is 2.66 bits per heavy atom. The molecule has 1 aromatic heterocycles. The van der Waals surface area contributed by atoms with Gasteiger partial charge in [0.1, 0.15) is 0 Å². The Bertz CT molecular complexity index is 1180. The van der Waals surface area contributed by atoms with Gasteiger partial charge in [-0.05, 0) is 36.4 Å². The van der Waals surface area contributed by atoms with Gasteiger partial charge in [-0.3, -0.25) is 14.4 Å². The molecular weight excluding hydrogens is 450 g/mol. The number of hydrogen-bond acceptors (Lipinski definition) is 8. The Morgan fingerprint density at radius 2 is 1.84 bits per heavy atom. The number of carbonyl (C=O) groups excluding carboxylic acids is 3. The molecule has 2 amide bonds. The fourth-order valence-corrected chi connectivity index (χ4v) is 4.70. The predicted octanol–water partition coefficient (Wildman–Crippen LogP) is 3.99. The highest BCUT2D eigenvalue weighted by atomic mass is 32.2. The molecule has 0 bridgehead atoms. The van der Waals surface area contributed by atoms with Crippen LogP contribution in [0.4, 0.5) is 11.4 Å². The molecule has 0 saturated carbocycles. The van der Waals surface area contributed by atoms with Gasteiger partial charge in [0, 0.05) is 29.2 Å². The van der Waals surface area contributed by atoms with E-state index in [2.05, 4.69) is 15.6 Å². The highest BCUT2D eigenvalue weighted by Crippen LogP contribution is 2.33. The molecular formula is C22H19N3O5S2.